The van der Waals surface area contributed by atoms with E-state index >= 15 is 0 Å². The van der Waals surface area contributed by atoms with E-state index in [2.05, 4.69) is 10.0 Å². The summed E-state index contributed by atoms with van der Waals surface area (Å²) in [5, 5.41) is 12.3. The summed E-state index contributed by atoms with van der Waals surface area (Å²) in [4.78, 5) is 0.267. The Hall–Kier alpha value is -1.11. The second kappa shape index (κ2) is 5.90. The summed E-state index contributed by atoms with van der Waals surface area (Å²) in [5.74, 6) is 0. The molecule has 1 aromatic carbocycles. The van der Waals surface area contributed by atoms with Gasteiger partial charge < -0.3 is 10.4 Å². The molecular formula is C13H20N2O3S. The Balaban J connectivity index is 2.14. The average molecular weight is 284 g/mol. The summed E-state index contributed by atoms with van der Waals surface area (Å²) in [7, 11) is -1.81. The van der Waals surface area contributed by atoms with Crippen LogP contribution in [0.5, 0.6) is 0 Å². The molecule has 0 aromatic heterocycles. The Kier molecular flexibility index (Phi) is 4.44. The fraction of sp³-hybridized carbons (Fsp3) is 0.538. The number of sulfonamides is 1. The lowest BCUT2D eigenvalue weighted by Crippen LogP contribution is -2.38. The maximum absolute atomic E-state index is 12.3. The van der Waals surface area contributed by atoms with Crippen molar-refractivity contribution >= 4 is 15.7 Å². The van der Waals surface area contributed by atoms with Crippen LogP contribution < -0.4 is 10.0 Å². The number of hydrogen-bond donors (Lipinski definition) is 3. The maximum atomic E-state index is 12.3. The van der Waals surface area contributed by atoms with Crippen LogP contribution in [-0.2, 0) is 10.0 Å². The highest BCUT2D eigenvalue weighted by molar-refractivity contribution is 7.89. The van der Waals surface area contributed by atoms with E-state index in [4.69, 9.17) is 0 Å². The van der Waals surface area contributed by atoms with Crippen LogP contribution in [0.1, 0.15) is 25.7 Å². The quantitative estimate of drug-likeness (QED) is 0.779. The minimum absolute atomic E-state index is 0.0849. The van der Waals surface area contributed by atoms with Gasteiger partial charge in [0.15, 0.2) is 0 Å². The molecule has 3 N–H and O–H groups in total. The van der Waals surface area contributed by atoms with Crippen LogP contribution in [0.3, 0.4) is 0 Å². The van der Waals surface area contributed by atoms with E-state index < -0.39 is 10.0 Å². The van der Waals surface area contributed by atoms with Crippen molar-refractivity contribution in [2.24, 2.45) is 0 Å². The van der Waals surface area contributed by atoms with Crippen molar-refractivity contribution in [2.45, 2.75) is 42.7 Å². The summed E-state index contributed by atoms with van der Waals surface area (Å²) in [6.45, 7) is 0. The van der Waals surface area contributed by atoms with Crippen molar-refractivity contribution < 1.29 is 13.5 Å². The van der Waals surface area contributed by atoms with Gasteiger partial charge in [0.1, 0.15) is 4.90 Å². The lowest BCUT2D eigenvalue weighted by atomic mass is 9.94. The molecule has 1 fully saturated rings. The zero-order valence-corrected chi connectivity index (χ0v) is 11.8. The number of para-hydroxylation sites is 1. The molecule has 0 spiro atoms. The third kappa shape index (κ3) is 3.46. The molecule has 2 rings (SSSR count). The number of hydrogen-bond acceptors (Lipinski definition) is 4. The predicted molar refractivity (Wildman–Crippen MR) is 74.6 cm³/mol. The van der Waals surface area contributed by atoms with Crippen LogP contribution in [0.25, 0.3) is 0 Å². The molecule has 1 aliphatic carbocycles. The van der Waals surface area contributed by atoms with Gasteiger partial charge in [0, 0.05) is 13.1 Å². The Labute approximate surface area is 114 Å². The third-order valence-corrected chi connectivity index (χ3v) is 5.04. The van der Waals surface area contributed by atoms with Crippen LogP contribution in [0.2, 0.25) is 0 Å². The summed E-state index contributed by atoms with van der Waals surface area (Å²) in [6.07, 6.45) is 2.39. The number of aliphatic hydroxyl groups excluding tert-OH is 1. The Morgan fingerprint density at radius 1 is 1.16 bits per heavy atom. The molecule has 0 bridgehead atoms. The van der Waals surface area contributed by atoms with Crippen molar-refractivity contribution in [2.75, 3.05) is 12.4 Å². The highest BCUT2D eigenvalue weighted by atomic mass is 32.2. The van der Waals surface area contributed by atoms with Crippen molar-refractivity contribution in [1.82, 2.24) is 4.72 Å². The zero-order valence-electron chi connectivity index (χ0n) is 11.0. The smallest absolute Gasteiger partial charge is 0.242 e. The van der Waals surface area contributed by atoms with E-state index in [1.54, 1.807) is 31.3 Å². The summed E-state index contributed by atoms with van der Waals surface area (Å²) in [5.41, 5.74) is 0.589. The van der Waals surface area contributed by atoms with Crippen LogP contribution in [0.4, 0.5) is 5.69 Å². The Bertz CT molecular complexity index is 522. The van der Waals surface area contributed by atoms with E-state index in [-0.39, 0.29) is 17.0 Å². The molecule has 1 aliphatic rings. The molecule has 0 aliphatic heterocycles. The number of rotatable bonds is 4. The van der Waals surface area contributed by atoms with Gasteiger partial charge in [-0.15, -0.1) is 0 Å². The van der Waals surface area contributed by atoms with Crippen LogP contribution >= 0.6 is 0 Å². The van der Waals surface area contributed by atoms with E-state index in [0.29, 0.717) is 31.4 Å². The summed E-state index contributed by atoms with van der Waals surface area (Å²) >= 11 is 0. The van der Waals surface area contributed by atoms with Gasteiger partial charge in [-0.05, 0) is 37.8 Å². The summed E-state index contributed by atoms with van der Waals surface area (Å²) < 4.78 is 27.4. The fourth-order valence-electron chi connectivity index (χ4n) is 2.38. The first-order chi connectivity index (χ1) is 9.03. The van der Waals surface area contributed by atoms with Crippen molar-refractivity contribution in [3.63, 3.8) is 0 Å². The highest BCUT2D eigenvalue weighted by Gasteiger charge is 2.25. The normalized spacial score (nSPS) is 24.1. The molecule has 1 aromatic rings. The van der Waals surface area contributed by atoms with Gasteiger partial charge in [-0.25, -0.2) is 13.1 Å². The Morgan fingerprint density at radius 3 is 2.42 bits per heavy atom. The number of anilines is 1. The molecule has 0 atom stereocenters. The van der Waals surface area contributed by atoms with Crippen LogP contribution in [0, 0.1) is 0 Å². The maximum Gasteiger partial charge on any atom is 0.242 e. The standard InChI is InChI=1S/C13H20N2O3S/c1-14-12-4-2-3-5-13(12)19(17,18)15-10-6-8-11(16)9-7-10/h2-5,10-11,14-16H,6-9H2,1H3. The molecule has 0 heterocycles. The van der Waals surface area contributed by atoms with Crippen LogP contribution in [-0.4, -0.2) is 32.7 Å². The lowest BCUT2D eigenvalue weighted by Gasteiger charge is -2.26. The zero-order chi connectivity index (χ0) is 13.9. The highest BCUT2D eigenvalue weighted by Crippen LogP contribution is 2.23. The first kappa shape index (κ1) is 14.3. The van der Waals surface area contributed by atoms with Gasteiger partial charge in [-0.2, -0.15) is 0 Å². The van der Waals surface area contributed by atoms with Crippen molar-refractivity contribution in [3.05, 3.63) is 24.3 Å². The van der Waals surface area contributed by atoms with Crippen molar-refractivity contribution in [3.8, 4) is 0 Å². The van der Waals surface area contributed by atoms with Crippen molar-refractivity contribution in [1.29, 1.82) is 0 Å². The van der Waals surface area contributed by atoms with Gasteiger partial charge >= 0.3 is 0 Å². The van der Waals surface area contributed by atoms with E-state index in [1.807, 2.05) is 0 Å². The number of nitrogens with one attached hydrogen (secondary N) is 2. The SMILES string of the molecule is CNc1ccccc1S(=O)(=O)NC1CCC(O)CC1. The molecule has 6 heteroatoms. The van der Waals surface area contributed by atoms with E-state index in [0.717, 1.165) is 0 Å². The molecule has 1 saturated carbocycles. The molecule has 0 radical (unpaired) electrons. The van der Waals surface area contributed by atoms with Gasteiger partial charge in [-0.1, -0.05) is 12.1 Å². The molecule has 0 amide bonds. The fourth-order valence-corrected chi connectivity index (χ4v) is 3.90. The average Bonchev–Trinajstić information content (AvgIpc) is 2.41. The van der Waals surface area contributed by atoms with E-state index in [9.17, 15) is 13.5 Å². The summed E-state index contributed by atoms with van der Waals surface area (Å²) in [6, 6.07) is 6.74. The van der Waals surface area contributed by atoms with Gasteiger partial charge in [0.25, 0.3) is 0 Å². The van der Waals surface area contributed by atoms with E-state index in [1.165, 1.54) is 0 Å². The molecule has 19 heavy (non-hydrogen) atoms. The van der Waals surface area contributed by atoms with Gasteiger partial charge in [0.2, 0.25) is 10.0 Å². The largest absolute Gasteiger partial charge is 0.393 e. The third-order valence-electron chi connectivity index (χ3n) is 3.46. The second-order valence-corrected chi connectivity index (χ2v) is 6.56. The van der Waals surface area contributed by atoms with Gasteiger partial charge in [-0.3, -0.25) is 0 Å². The predicted octanol–water partition coefficient (Wildman–Crippen LogP) is 1.31. The molecule has 106 valence electrons. The van der Waals surface area contributed by atoms with Gasteiger partial charge in [0.05, 0.1) is 11.8 Å². The number of benzene rings is 1. The number of aliphatic hydroxyl groups is 1. The monoisotopic (exact) mass is 284 g/mol. The minimum atomic E-state index is -3.51. The molecule has 5 nitrogen and oxygen atoms in total. The lowest BCUT2D eigenvalue weighted by molar-refractivity contribution is 0.120. The Morgan fingerprint density at radius 2 is 1.79 bits per heavy atom. The first-order valence-electron chi connectivity index (χ1n) is 6.50. The molecular weight excluding hydrogens is 264 g/mol. The molecule has 0 unspecified atom stereocenters. The topological polar surface area (TPSA) is 78.4 Å². The van der Waals surface area contributed by atoms with Crippen LogP contribution in [0.15, 0.2) is 29.2 Å². The first-order valence-corrected chi connectivity index (χ1v) is 7.98. The molecule has 0 saturated heterocycles. The minimum Gasteiger partial charge on any atom is -0.393 e. The second-order valence-electron chi connectivity index (χ2n) is 4.87.